The average Bonchev–Trinajstić information content (AvgIpc) is 2.90. The van der Waals surface area contributed by atoms with Crippen molar-refractivity contribution < 1.29 is 4.79 Å². The van der Waals surface area contributed by atoms with Gasteiger partial charge in [0, 0.05) is 23.1 Å². The predicted octanol–water partition coefficient (Wildman–Crippen LogP) is 2.65. The molecule has 2 N–H and O–H groups in total. The molecule has 1 aromatic heterocycles. The van der Waals surface area contributed by atoms with Gasteiger partial charge in [0.2, 0.25) is 0 Å². The lowest BCUT2D eigenvalue weighted by atomic mass is 10.1. The number of amides is 1. The summed E-state index contributed by atoms with van der Waals surface area (Å²) in [7, 11) is 1.80. The SMILES string of the molecule is CN(Cc1cccs1)C(=O)c1ccc(C(N)=S)cc1. The summed E-state index contributed by atoms with van der Waals surface area (Å²) < 4.78 is 0. The summed E-state index contributed by atoms with van der Waals surface area (Å²) in [5.74, 6) is -0.0112. The summed E-state index contributed by atoms with van der Waals surface area (Å²) in [5, 5.41) is 2.00. The Morgan fingerprint density at radius 1 is 1.26 bits per heavy atom. The lowest BCUT2D eigenvalue weighted by Gasteiger charge is -2.16. The highest BCUT2D eigenvalue weighted by molar-refractivity contribution is 7.80. The number of thiophene rings is 1. The highest BCUT2D eigenvalue weighted by Gasteiger charge is 2.12. The van der Waals surface area contributed by atoms with Crippen LogP contribution in [0.4, 0.5) is 0 Å². The first kappa shape index (κ1) is 13.7. The molecule has 2 aromatic rings. The van der Waals surface area contributed by atoms with E-state index in [9.17, 15) is 4.79 Å². The van der Waals surface area contributed by atoms with Crippen LogP contribution in [-0.4, -0.2) is 22.8 Å². The minimum absolute atomic E-state index is 0.0112. The Labute approximate surface area is 121 Å². The zero-order chi connectivity index (χ0) is 13.8. The maximum atomic E-state index is 12.2. The Hall–Kier alpha value is -1.72. The molecule has 0 atom stereocenters. The van der Waals surface area contributed by atoms with Gasteiger partial charge in [-0.1, -0.05) is 30.4 Å². The van der Waals surface area contributed by atoms with Crippen LogP contribution in [0.2, 0.25) is 0 Å². The molecule has 0 spiro atoms. The molecule has 19 heavy (non-hydrogen) atoms. The van der Waals surface area contributed by atoms with E-state index in [1.54, 1.807) is 47.5 Å². The Morgan fingerprint density at radius 3 is 2.42 bits per heavy atom. The van der Waals surface area contributed by atoms with Crippen LogP contribution in [0, 0.1) is 0 Å². The van der Waals surface area contributed by atoms with Crippen molar-refractivity contribution in [1.82, 2.24) is 4.90 Å². The molecule has 3 nitrogen and oxygen atoms in total. The van der Waals surface area contributed by atoms with Crippen LogP contribution in [0.1, 0.15) is 20.8 Å². The number of carbonyl (C=O) groups excluding carboxylic acids is 1. The molecule has 1 amide bonds. The van der Waals surface area contributed by atoms with Crippen molar-refractivity contribution in [1.29, 1.82) is 0 Å². The largest absolute Gasteiger partial charge is 0.389 e. The molecule has 0 aliphatic carbocycles. The first-order chi connectivity index (χ1) is 9.08. The Bertz CT molecular complexity index is 576. The van der Waals surface area contributed by atoms with Crippen LogP contribution in [0.3, 0.4) is 0 Å². The predicted molar refractivity (Wildman–Crippen MR) is 82.4 cm³/mol. The van der Waals surface area contributed by atoms with E-state index in [4.69, 9.17) is 18.0 Å². The average molecular weight is 290 g/mol. The number of carbonyl (C=O) groups is 1. The van der Waals surface area contributed by atoms with E-state index in [2.05, 4.69) is 0 Å². The molecule has 5 heteroatoms. The second-order valence-electron chi connectivity index (χ2n) is 4.18. The van der Waals surface area contributed by atoms with Gasteiger partial charge in [0.05, 0.1) is 6.54 Å². The van der Waals surface area contributed by atoms with E-state index in [0.717, 1.165) is 10.4 Å². The van der Waals surface area contributed by atoms with Gasteiger partial charge < -0.3 is 10.6 Å². The van der Waals surface area contributed by atoms with Gasteiger partial charge in [-0.15, -0.1) is 11.3 Å². The Kier molecular flexibility index (Phi) is 4.29. The Balaban J connectivity index is 2.08. The van der Waals surface area contributed by atoms with E-state index < -0.39 is 0 Å². The number of nitrogens with two attached hydrogens (primary N) is 1. The fraction of sp³-hybridized carbons (Fsp3) is 0.143. The highest BCUT2D eigenvalue weighted by Crippen LogP contribution is 2.13. The zero-order valence-corrected chi connectivity index (χ0v) is 12.1. The molecule has 1 aromatic carbocycles. The van der Waals surface area contributed by atoms with Crippen LogP contribution in [-0.2, 0) is 6.54 Å². The van der Waals surface area contributed by atoms with Gasteiger partial charge in [-0.3, -0.25) is 4.79 Å². The van der Waals surface area contributed by atoms with E-state index in [-0.39, 0.29) is 5.91 Å². The maximum Gasteiger partial charge on any atom is 0.253 e. The molecule has 0 radical (unpaired) electrons. The standard InChI is InChI=1S/C14H14N2OS2/c1-16(9-12-3-2-8-19-12)14(17)11-6-4-10(5-7-11)13(15)18/h2-8H,9H2,1H3,(H2,15,18). The molecule has 0 unspecified atom stereocenters. The number of nitrogens with zero attached hydrogens (tertiary/aromatic N) is 1. The maximum absolute atomic E-state index is 12.2. The number of thiocarbonyl (C=S) groups is 1. The van der Waals surface area contributed by atoms with Crippen molar-refractivity contribution in [3.05, 3.63) is 57.8 Å². The number of benzene rings is 1. The highest BCUT2D eigenvalue weighted by atomic mass is 32.1. The number of hydrogen-bond donors (Lipinski definition) is 1. The van der Waals surface area contributed by atoms with Crippen molar-refractivity contribution in [3.63, 3.8) is 0 Å². The van der Waals surface area contributed by atoms with Gasteiger partial charge in [-0.25, -0.2) is 0 Å². The van der Waals surface area contributed by atoms with Crippen LogP contribution >= 0.6 is 23.6 Å². The number of hydrogen-bond acceptors (Lipinski definition) is 3. The normalized spacial score (nSPS) is 10.2. The summed E-state index contributed by atoms with van der Waals surface area (Å²) >= 11 is 6.53. The topological polar surface area (TPSA) is 46.3 Å². The first-order valence-corrected chi connectivity index (χ1v) is 7.04. The molecule has 0 aliphatic rings. The van der Waals surface area contributed by atoms with Gasteiger partial charge in [-0.2, -0.15) is 0 Å². The quantitative estimate of drug-likeness (QED) is 0.881. The molecule has 98 valence electrons. The van der Waals surface area contributed by atoms with Crippen LogP contribution in [0.15, 0.2) is 41.8 Å². The second-order valence-corrected chi connectivity index (χ2v) is 5.65. The fourth-order valence-corrected chi connectivity index (χ4v) is 2.60. The van der Waals surface area contributed by atoms with E-state index in [1.807, 2.05) is 17.5 Å². The molecule has 1 heterocycles. The molecule has 0 fully saturated rings. The summed E-state index contributed by atoms with van der Waals surface area (Å²) in [5.41, 5.74) is 6.94. The summed E-state index contributed by atoms with van der Waals surface area (Å²) in [6.45, 7) is 0.619. The molecule has 2 rings (SSSR count). The minimum atomic E-state index is -0.0112. The third-order valence-electron chi connectivity index (χ3n) is 2.74. The summed E-state index contributed by atoms with van der Waals surface area (Å²) in [6, 6.07) is 11.0. The monoisotopic (exact) mass is 290 g/mol. The van der Waals surface area contributed by atoms with E-state index >= 15 is 0 Å². The van der Waals surface area contributed by atoms with Crippen molar-refractivity contribution in [2.24, 2.45) is 5.73 Å². The van der Waals surface area contributed by atoms with Crippen molar-refractivity contribution in [2.75, 3.05) is 7.05 Å². The minimum Gasteiger partial charge on any atom is -0.389 e. The van der Waals surface area contributed by atoms with Gasteiger partial charge >= 0.3 is 0 Å². The zero-order valence-electron chi connectivity index (χ0n) is 10.5. The molecular weight excluding hydrogens is 276 g/mol. The number of rotatable bonds is 4. The molecular formula is C14H14N2OS2. The van der Waals surface area contributed by atoms with Gasteiger partial charge in [0.1, 0.15) is 4.99 Å². The third kappa shape index (κ3) is 3.39. The third-order valence-corrected chi connectivity index (χ3v) is 3.83. The van der Waals surface area contributed by atoms with Crippen LogP contribution < -0.4 is 5.73 Å². The fourth-order valence-electron chi connectivity index (χ4n) is 1.71. The summed E-state index contributed by atoms with van der Waals surface area (Å²) in [6.07, 6.45) is 0. The molecule has 0 saturated heterocycles. The molecule has 0 saturated carbocycles. The van der Waals surface area contributed by atoms with Crippen LogP contribution in [0.5, 0.6) is 0 Å². The first-order valence-electron chi connectivity index (χ1n) is 5.75. The van der Waals surface area contributed by atoms with Gasteiger partial charge in [0.25, 0.3) is 5.91 Å². The van der Waals surface area contributed by atoms with E-state index in [1.165, 1.54) is 0 Å². The molecule has 0 bridgehead atoms. The smallest absolute Gasteiger partial charge is 0.253 e. The van der Waals surface area contributed by atoms with Crippen molar-refractivity contribution in [2.45, 2.75) is 6.54 Å². The molecule has 0 aliphatic heterocycles. The van der Waals surface area contributed by atoms with Gasteiger partial charge in [0.15, 0.2) is 0 Å². The lowest BCUT2D eigenvalue weighted by Crippen LogP contribution is -2.25. The Morgan fingerprint density at radius 2 is 1.89 bits per heavy atom. The van der Waals surface area contributed by atoms with Crippen LogP contribution in [0.25, 0.3) is 0 Å². The summed E-state index contributed by atoms with van der Waals surface area (Å²) in [4.78, 5) is 15.4. The van der Waals surface area contributed by atoms with E-state index in [0.29, 0.717) is 17.1 Å². The van der Waals surface area contributed by atoms with Crippen molar-refractivity contribution in [3.8, 4) is 0 Å². The van der Waals surface area contributed by atoms with Crippen molar-refractivity contribution >= 4 is 34.5 Å². The second kappa shape index (κ2) is 5.95. The lowest BCUT2D eigenvalue weighted by molar-refractivity contribution is 0.0786. The van der Waals surface area contributed by atoms with Gasteiger partial charge in [-0.05, 0) is 23.6 Å².